The maximum absolute atomic E-state index is 13.0. The van der Waals surface area contributed by atoms with Crippen LogP contribution in [-0.2, 0) is 19.2 Å². The number of hydrogen-bond acceptors (Lipinski definition) is 10. The summed E-state index contributed by atoms with van der Waals surface area (Å²) in [5, 5.41) is 29.7. The number of carboxylic acid groups (broad SMARTS) is 3. The molecule has 0 aromatic heterocycles. The molecule has 1 atom stereocenters. The van der Waals surface area contributed by atoms with Gasteiger partial charge in [0.15, 0.2) is 11.5 Å². The van der Waals surface area contributed by atoms with Crippen LogP contribution in [0.3, 0.4) is 0 Å². The monoisotopic (exact) mass is 563 g/mol. The van der Waals surface area contributed by atoms with E-state index in [1.165, 1.54) is 12.0 Å². The fourth-order valence-electron chi connectivity index (χ4n) is 4.52. The molecule has 0 radical (unpaired) electrons. The number of nitrogens with zero attached hydrogens (tertiary/aromatic N) is 4. The van der Waals surface area contributed by atoms with Crippen LogP contribution in [0.5, 0.6) is 11.5 Å². The zero-order valence-corrected chi connectivity index (χ0v) is 22.1. The third-order valence-corrected chi connectivity index (χ3v) is 6.32. The molecule has 2 amide bonds. The molecule has 218 valence electrons. The van der Waals surface area contributed by atoms with E-state index in [2.05, 4.69) is 10.3 Å². The van der Waals surface area contributed by atoms with E-state index in [4.69, 9.17) is 24.8 Å². The molecule has 2 aliphatic heterocycles. The Kier molecular flexibility index (Phi) is 10.8. The van der Waals surface area contributed by atoms with Crippen molar-refractivity contribution in [3.8, 4) is 11.5 Å². The first kappa shape index (κ1) is 30.3. The minimum absolute atomic E-state index is 0.0384. The molecule has 2 heterocycles. The van der Waals surface area contributed by atoms with Crippen LogP contribution in [0, 0.1) is 0 Å². The molecule has 1 fully saturated rings. The van der Waals surface area contributed by atoms with Crippen LogP contribution in [0.2, 0.25) is 0 Å². The minimum atomic E-state index is -1.23. The molecule has 40 heavy (non-hydrogen) atoms. The fraction of sp³-hybridized carbons (Fsp3) is 0.520. The Morgan fingerprint density at radius 2 is 1.62 bits per heavy atom. The van der Waals surface area contributed by atoms with Crippen molar-refractivity contribution >= 4 is 41.6 Å². The van der Waals surface area contributed by atoms with Gasteiger partial charge in [0, 0.05) is 31.9 Å². The van der Waals surface area contributed by atoms with Gasteiger partial charge in [0.1, 0.15) is 6.61 Å². The molecule has 4 N–H and O–H groups in total. The lowest BCUT2D eigenvalue weighted by molar-refractivity contribution is -0.143. The summed E-state index contributed by atoms with van der Waals surface area (Å²) in [6.07, 6.45) is 3.54. The number of methoxy groups -OCH3 is 1. The smallest absolute Gasteiger partial charge is 0.317 e. The van der Waals surface area contributed by atoms with E-state index >= 15 is 0 Å². The van der Waals surface area contributed by atoms with Crippen molar-refractivity contribution in [2.75, 3.05) is 66.1 Å². The molecule has 3 rings (SSSR count). The highest BCUT2D eigenvalue weighted by molar-refractivity contribution is 6.03. The van der Waals surface area contributed by atoms with Gasteiger partial charge in [-0.3, -0.25) is 38.8 Å². The first-order chi connectivity index (χ1) is 19.1. The van der Waals surface area contributed by atoms with Crippen LogP contribution in [0.25, 0.3) is 0 Å². The zero-order chi connectivity index (χ0) is 29.2. The maximum Gasteiger partial charge on any atom is 0.317 e. The molecule has 15 nitrogen and oxygen atoms in total. The van der Waals surface area contributed by atoms with Crippen molar-refractivity contribution < 1.29 is 48.8 Å². The lowest BCUT2D eigenvalue weighted by atomic mass is 10.1. The van der Waals surface area contributed by atoms with Crippen LogP contribution in [0.4, 0.5) is 5.69 Å². The lowest BCUT2D eigenvalue weighted by Crippen LogP contribution is -2.45. The Labute approximate surface area is 229 Å². The summed E-state index contributed by atoms with van der Waals surface area (Å²) in [6.45, 7) is -1.22. The molecule has 0 aliphatic carbocycles. The Bertz CT molecular complexity index is 1140. The number of aliphatic imine (C=N–C) groups is 1. The standard InChI is InChI=1S/C25H33N5O10/c1-39-19-9-17-18(27-11-16-3-2-5-30(16)25(17)38)10-20(19)40-8-4-26-21(31)12-28(13-22(32)33)6-7-29(14-23(34)35)15-24(36)37/h9-11,16H,2-8,12-15H2,1H3,(H,26,31)(H,32,33)(H,34,35)(H,36,37)/t16-/m0/s1. The number of carboxylic acids is 3. The van der Waals surface area contributed by atoms with Crippen molar-refractivity contribution in [3.63, 3.8) is 0 Å². The highest BCUT2D eigenvalue weighted by Crippen LogP contribution is 2.37. The van der Waals surface area contributed by atoms with Gasteiger partial charge in [-0.1, -0.05) is 0 Å². The average Bonchev–Trinajstić information content (AvgIpc) is 3.31. The average molecular weight is 564 g/mol. The van der Waals surface area contributed by atoms with E-state index in [1.54, 1.807) is 23.2 Å². The molecule has 0 bridgehead atoms. The van der Waals surface area contributed by atoms with E-state index in [0.717, 1.165) is 17.7 Å². The molecular formula is C25H33N5O10. The van der Waals surface area contributed by atoms with E-state index < -0.39 is 43.4 Å². The Hall–Kier alpha value is -4.24. The molecule has 0 unspecified atom stereocenters. The summed E-state index contributed by atoms with van der Waals surface area (Å²) in [5.74, 6) is -3.60. The molecule has 0 spiro atoms. The van der Waals surface area contributed by atoms with E-state index in [9.17, 15) is 24.0 Å². The van der Waals surface area contributed by atoms with E-state index in [-0.39, 0.29) is 44.7 Å². The first-order valence-corrected chi connectivity index (χ1v) is 12.6. The van der Waals surface area contributed by atoms with Gasteiger partial charge in [-0.05, 0) is 18.9 Å². The summed E-state index contributed by atoms with van der Waals surface area (Å²) in [7, 11) is 1.45. The second kappa shape index (κ2) is 14.2. The first-order valence-electron chi connectivity index (χ1n) is 12.6. The van der Waals surface area contributed by atoms with Gasteiger partial charge < -0.3 is 35.0 Å². The summed E-state index contributed by atoms with van der Waals surface area (Å²) in [4.78, 5) is 67.2. The SMILES string of the molecule is COc1cc2c(cc1OCCNC(=O)CN(CCN(CC(=O)O)CC(=O)O)CC(=O)O)N=C[C@@H]1CCCN1C2=O. The number of carbonyl (C=O) groups is 5. The number of amides is 2. The molecule has 1 aromatic rings. The van der Waals surface area contributed by atoms with Crippen molar-refractivity contribution in [3.05, 3.63) is 17.7 Å². The Morgan fingerprint density at radius 1 is 1.00 bits per heavy atom. The molecule has 2 aliphatic rings. The topological polar surface area (TPSA) is 199 Å². The number of fused-ring (bicyclic) bond motifs is 2. The number of rotatable bonds is 16. The second-order valence-electron chi connectivity index (χ2n) is 9.31. The third-order valence-electron chi connectivity index (χ3n) is 6.32. The molecule has 1 aromatic carbocycles. The lowest BCUT2D eigenvalue weighted by Gasteiger charge is -2.24. The van der Waals surface area contributed by atoms with Crippen molar-refractivity contribution in [2.24, 2.45) is 4.99 Å². The maximum atomic E-state index is 13.0. The van der Waals surface area contributed by atoms with Crippen LogP contribution in [0.1, 0.15) is 23.2 Å². The third kappa shape index (κ3) is 8.64. The van der Waals surface area contributed by atoms with Crippen molar-refractivity contribution in [1.82, 2.24) is 20.0 Å². The van der Waals surface area contributed by atoms with Gasteiger partial charge in [0.25, 0.3) is 5.91 Å². The molecule has 15 heteroatoms. The van der Waals surface area contributed by atoms with Gasteiger partial charge in [0.2, 0.25) is 5.91 Å². The zero-order valence-electron chi connectivity index (χ0n) is 22.1. The van der Waals surface area contributed by atoms with E-state index in [0.29, 0.717) is 29.3 Å². The number of carbonyl (C=O) groups excluding carboxylic acids is 2. The largest absolute Gasteiger partial charge is 0.493 e. The predicted molar refractivity (Wildman–Crippen MR) is 139 cm³/mol. The van der Waals surface area contributed by atoms with Crippen LogP contribution >= 0.6 is 0 Å². The number of ether oxygens (including phenoxy) is 2. The predicted octanol–water partition coefficient (Wildman–Crippen LogP) is -0.631. The van der Waals surface area contributed by atoms with Gasteiger partial charge >= 0.3 is 17.9 Å². The molecule has 0 saturated carbocycles. The summed E-state index contributed by atoms with van der Waals surface area (Å²) >= 11 is 0. The van der Waals surface area contributed by atoms with Crippen LogP contribution in [-0.4, -0.2) is 138 Å². The normalized spacial score (nSPS) is 15.9. The number of hydrogen-bond donors (Lipinski definition) is 4. The summed E-state index contributed by atoms with van der Waals surface area (Å²) < 4.78 is 11.2. The number of nitrogens with one attached hydrogen (secondary N) is 1. The highest BCUT2D eigenvalue weighted by atomic mass is 16.5. The van der Waals surface area contributed by atoms with Crippen LogP contribution in [0.15, 0.2) is 17.1 Å². The summed E-state index contributed by atoms with van der Waals surface area (Å²) in [5.41, 5.74) is 0.880. The second-order valence-corrected chi connectivity index (χ2v) is 9.31. The van der Waals surface area contributed by atoms with Gasteiger partial charge in [0.05, 0.1) is 57.1 Å². The molecular weight excluding hydrogens is 530 g/mol. The fourth-order valence-corrected chi connectivity index (χ4v) is 4.52. The molecule has 1 saturated heterocycles. The van der Waals surface area contributed by atoms with Gasteiger partial charge in [-0.15, -0.1) is 0 Å². The minimum Gasteiger partial charge on any atom is -0.493 e. The van der Waals surface area contributed by atoms with E-state index in [1.807, 2.05) is 0 Å². The Morgan fingerprint density at radius 3 is 2.23 bits per heavy atom. The quantitative estimate of drug-likeness (QED) is 0.186. The van der Waals surface area contributed by atoms with Crippen LogP contribution < -0.4 is 14.8 Å². The van der Waals surface area contributed by atoms with Crippen molar-refractivity contribution in [2.45, 2.75) is 18.9 Å². The van der Waals surface area contributed by atoms with Gasteiger partial charge in [-0.2, -0.15) is 0 Å². The van der Waals surface area contributed by atoms with Crippen molar-refractivity contribution in [1.29, 1.82) is 0 Å². The highest BCUT2D eigenvalue weighted by Gasteiger charge is 2.32. The summed E-state index contributed by atoms with van der Waals surface area (Å²) in [6, 6.07) is 3.16. The number of benzene rings is 1. The Balaban J connectivity index is 1.53. The number of aliphatic carboxylic acids is 3. The van der Waals surface area contributed by atoms with Gasteiger partial charge in [-0.25, -0.2) is 0 Å².